The van der Waals surface area contributed by atoms with E-state index in [4.69, 9.17) is 4.74 Å². The van der Waals surface area contributed by atoms with Gasteiger partial charge in [-0.3, -0.25) is 4.79 Å². The van der Waals surface area contributed by atoms with Gasteiger partial charge in [-0.25, -0.2) is 4.98 Å². The molecule has 4 nitrogen and oxygen atoms in total. The standard InChI is InChI=1S/C10H10N2O2.C3H6/c1-6-10(13)12-9-7(11-6)4-3-5-8(9)14-2;1-3-2/h3-5H,1-2H3,(H,12,13);3H,1H2,2H3. The van der Waals surface area contributed by atoms with Crippen LogP contribution in [0.2, 0.25) is 0 Å². The maximum atomic E-state index is 11.3. The number of para-hydroxylation sites is 1. The zero-order valence-corrected chi connectivity index (χ0v) is 10.3. The Morgan fingerprint density at radius 1 is 1.47 bits per heavy atom. The van der Waals surface area contributed by atoms with E-state index < -0.39 is 0 Å². The third-order valence-electron chi connectivity index (χ3n) is 2.08. The highest BCUT2D eigenvalue weighted by molar-refractivity contribution is 5.80. The Hall–Kier alpha value is -2.10. The molecule has 0 saturated carbocycles. The second kappa shape index (κ2) is 5.84. The van der Waals surface area contributed by atoms with Gasteiger partial charge in [0.25, 0.3) is 5.56 Å². The predicted octanol–water partition coefficient (Wildman–Crippen LogP) is 2.43. The van der Waals surface area contributed by atoms with Gasteiger partial charge in [0.15, 0.2) is 0 Å². The highest BCUT2D eigenvalue weighted by Gasteiger charge is 2.04. The number of allylic oxidation sites excluding steroid dienone is 1. The Morgan fingerprint density at radius 2 is 2.12 bits per heavy atom. The Kier molecular flexibility index (Phi) is 4.46. The van der Waals surface area contributed by atoms with Crippen LogP contribution in [0, 0.1) is 6.92 Å². The summed E-state index contributed by atoms with van der Waals surface area (Å²) >= 11 is 0. The summed E-state index contributed by atoms with van der Waals surface area (Å²) in [6.07, 6.45) is 1.75. The molecule has 0 amide bonds. The maximum absolute atomic E-state index is 11.3. The van der Waals surface area contributed by atoms with E-state index in [0.29, 0.717) is 17.0 Å². The van der Waals surface area contributed by atoms with Crippen LogP contribution in [-0.4, -0.2) is 17.1 Å². The fraction of sp³-hybridized carbons (Fsp3) is 0.231. The summed E-state index contributed by atoms with van der Waals surface area (Å²) < 4.78 is 5.11. The van der Waals surface area contributed by atoms with Crippen molar-refractivity contribution < 1.29 is 4.74 Å². The molecule has 2 aromatic rings. The average Bonchev–Trinajstić information content (AvgIpc) is 2.31. The third kappa shape index (κ3) is 2.93. The molecule has 0 fully saturated rings. The van der Waals surface area contributed by atoms with Crippen LogP contribution in [0.15, 0.2) is 35.6 Å². The van der Waals surface area contributed by atoms with Crippen LogP contribution in [0.4, 0.5) is 0 Å². The fourth-order valence-corrected chi connectivity index (χ4v) is 1.34. The number of H-pyrrole nitrogens is 1. The molecule has 17 heavy (non-hydrogen) atoms. The number of aromatic nitrogens is 2. The van der Waals surface area contributed by atoms with Crippen LogP contribution in [0.1, 0.15) is 12.6 Å². The Bertz CT molecular complexity index is 573. The van der Waals surface area contributed by atoms with Crippen molar-refractivity contribution >= 4 is 11.0 Å². The number of ether oxygens (including phenoxy) is 1. The van der Waals surface area contributed by atoms with Crippen molar-refractivity contribution in [2.75, 3.05) is 7.11 Å². The topological polar surface area (TPSA) is 55.0 Å². The van der Waals surface area contributed by atoms with Gasteiger partial charge in [0, 0.05) is 0 Å². The van der Waals surface area contributed by atoms with E-state index in [1.165, 1.54) is 0 Å². The van der Waals surface area contributed by atoms with Crippen molar-refractivity contribution in [3.63, 3.8) is 0 Å². The molecule has 0 atom stereocenters. The lowest BCUT2D eigenvalue weighted by Crippen LogP contribution is -2.11. The Morgan fingerprint density at radius 3 is 2.71 bits per heavy atom. The van der Waals surface area contributed by atoms with Crippen molar-refractivity contribution in [1.82, 2.24) is 9.97 Å². The summed E-state index contributed by atoms with van der Waals surface area (Å²) in [4.78, 5) is 18.2. The molecule has 0 aliphatic carbocycles. The lowest BCUT2D eigenvalue weighted by atomic mass is 10.2. The number of nitrogens with one attached hydrogen (secondary N) is 1. The van der Waals surface area contributed by atoms with Crippen LogP contribution in [-0.2, 0) is 0 Å². The van der Waals surface area contributed by atoms with Gasteiger partial charge >= 0.3 is 0 Å². The SMILES string of the molecule is C=CC.COc1cccc2nc(C)c(=O)[nH]c12. The molecule has 0 radical (unpaired) electrons. The van der Waals surface area contributed by atoms with Gasteiger partial charge in [0.05, 0.1) is 12.6 Å². The van der Waals surface area contributed by atoms with E-state index in [9.17, 15) is 4.79 Å². The number of nitrogens with zero attached hydrogens (tertiary/aromatic N) is 1. The van der Waals surface area contributed by atoms with Crippen molar-refractivity contribution in [2.24, 2.45) is 0 Å². The van der Waals surface area contributed by atoms with E-state index >= 15 is 0 Å². The van der Waals surface area contributed by atoms with Gasteiger partial charge < -0.3 is 9.72 Å². The normalized spacial score (nSPS) is 9.35. The average molecular weight is 232 g/mol. The van der Waals surface area contributed by atoms with Gasteiger partial charge in [-0.15, -0.1) is 6.58 Å². The zero-order chi connectivity index (χ0) is 12.8. The molecule has 0 spiro atoms. The first-order valence-electron chi connectivity index (χ1n) is 5.24. The maximum Gasteiger partial charge on any atom is 0.269 e. The first-order chi connectivity index (χ1) is 8.13. The van der Waals surface area contributed by atoms with Gasteiger partial charge in [0.1, 0.15) is 17.0 Å². The van der Waals surface area contributed by atoms with Crippen LogP contribution in [0.25, 0.3) is 11.0 Å². The molecule has 0 saturated heterocycles. The van der Waals surface area contributed by atoms with Gasteiger partial charge in [-0.1, -0.05) is 12.1 Å². The lowest BCUT2D eigenvalue weighted by molar-refractivity contribution is 0.418. The summed E-state index contributed by atoms with van der Waals surface area (Å²) in [5.41, 5.74) is 1.67. The van der Waals surface area contributed by atoms with Crippen LogP contribution in [0.5, 0.6) is 5.75 Å². The second-order valence-electron chi connectivity index (χ2n) is 3.41. The number of benzene rings is 1. The third-order valence-corrected chi connectivity index (χ3v) is 2.08. The number of aryl methyl sites for hydroxylation is 1. The largest absolute Gasteiger partial charge is 0.494 e. The molecular formula is C13H16N2O2. The molecule has 1 aromatic carbocycles. The smallest absolute Gasteiger partial charge is 0.269 e. The highest BCUT2D eigenvalue weighted by Crippen LogP contribution is 2.20. The number of aromatic amines is 1. The van der Waals surface area contributed by atoms with Crippen molar-refractivity contribution in [3.05, 3.63) is 46.9 Å². The number of hydrogen-bond acceptors (Lipinski definition) is 3. The van der Waals surface area contributed by atoms with Crippen molar-refractivity contribution in [2.45, 2.75) is 13.8 Å². The Balaban J connectivity index is 0.000000437. The minimum Gasteiger partial charge on any atom is -0.494 e. The number of hydrogen-bond donors (Lipinski definition) is 1. The zero-order valence-electron chi connectivity index (χ0n) is 10.3. The van der Waals surface area contributed by atoms with Gasteiger partial charge in [0.2, 0.25) is 0 Å². The fourth-order valence-electron chi connectivity index (χ4n) is 1.34. The molecule has 1 heterocycles. The molecule has 4 heteroatoms. The monoisotopic (exact) mass is 232 g/mol. The summed E-state index contributed by atoms with van der Waals surface area (Å²) in [7, 11) is 1.56. The van der Waals surface area contributed by atoms with Crippen LogP contribution in [0.3, 0.4) is 0 Å². The minimum absolute atomic E-state index is 0.179. The lowest BCUT2D eigenvalue weighted by Gasteiger charge is -2.04. The summed E-state index contributed by atoms with van der Waals surface area (Å²) in [6, 6.07) is 5.46. The molecule has 0 aliphatic heterocycles. The quantitative estimate of drug-likeness (QED) is 0.768. The number of fused-ring (bicyclic) bond motifs is 1. The van der Waals surface area contributed by atoms with E-state index in [1.54, 1.807) is 26.2 Å². The second-order valence-corrected chi connectivity index (χ2v) is 3.41. The number of methoxy groups -OCH3 is 1. The van der Waals surface area contributed by atoms with Crippen LogP contribution >= 0.6 is 0 Å². The molecule has 1 aromatic heterocycles. The molecule has 2 rings (SSSR count). The predicted molar refractivity (Wildman–Crippen MR) is 69.5 cm³/mol. The molecule has 90 valence electrons. The van der Waals surface area contributed by atoms with E-state index in [0.717, 1.165) is 5.52 Å². The summed E-state index contributed by atoms with van der Waals surface area (Å²) in [5.74, 6) is 0.632. The first kappa shape index (κ1) is 13.0. The molecule has 1 N–H and O–H groups in total. The van der Waals surface area contributed by atoms with E-state index in [-0.39, 0.29) is 5.56 Å². The van der Waals surface area contributed by atoms with E-state index in [1.807, 2.05) is 19.1 Å². The van der Waals surface area contributed by atoms with Gasteiger partial charge in [-0.2, -0.15) is 0 Å². The first-order valence-corrected chi connectivity index (χ1v) is 5.24. The summed E-state index contributed by atoms with van der Waals surface area (Å²) in [6.45, 7) is 6.93. The Labute approximate surface area is 100.0 Å². The molecule has 0 aliphatic rings. The highest BCUT2D eigenvalue weighted by atomic mass is 16.5. The molecular weight excluding hydrogens is 216 g/mol. The van der Waals surface area contributed by atoms with Crippen LogP contribution < -0.4 is 10.3 Å². The molecule has 0 unspecified atom stereocenters. The van der Waals surface area contributed by atoms with E-state index in [2.05, 4.69) is 16.5 Å². The van der Waals surface area contributed by atoms with Gasteiger partial charge in [-0.05, 0) is 26.0 Å². The molecule has 0 bridgehead atoms. The van der Waals surface area contributed by atoms with Crippen molar-refractivity contribution in [3.8, 4) is 5.75 Å². The number of rotatable bonds is 1. The summed E-state index contributed by atoms with van der Waals surface area (Å²) in [5, 5.41) is 0. The van der Waals surface area contributed by atoms with Crippen molar-refractivity contribution in [1.29, 1.82) is 0 Å². The minimum atomic E-state index is -0.179.